The Bertz CT molecular complexity index is 1340. The number of thiazole rings is 1. The van der Waals surface area contributed by atoms with E-state index in [2.05, 4.69) is 44.5 Å². The lowest BCUT2D eigenvalue weighted by atomic mass is 10.1. The van der Waals surface area contributed by atoms with Crippen LogP contribution >= 0.6 is 22.7 Å². The lowest BCUT2D eigenvalue weighted by Gasteiger charge is -2.25. The average Bonchev–Trinajstić information content (AvgIpc) is 3.39. The van der Waals surface area contributed by atoms with Crippen molar-refractivity contribution in [1.29, 1.82) is 0 Å². The van der Waals surface area contributed by atoms with Crippen molar-refractivity contribution in [3.63, 3.8) is 0 Å². The summed E-state index contributed by atoms with van der Waals surface area (Å²) in [5.74, 6) is 0.781. The number of hydrogen-bond acceptors (Lipinski definition) is 9. The monoisotopic (exact) mass is 495 g/mol. The van der Waals surface area contributed by atoms with Crippen LogP contribution in [0, 0.1) is 6.92 Å². The molecule has 0 bridgehead atoms. The molecule has 0 fully saturated rings. The molecule has 3 aromatic heterocycles. The van der Waals surface area contributed by atoms with E-state index in [4.69, 9.17) is 14.5 Å². The zero-order valence-electron chi connectivity index (χ0n) is 19.3. The highest BCUT2D eigenvalue weighted by Crippen LogP contribution is 2.36. The molecule has 0 saturated carbocycles. The fourth-order valence-electron chi connectivity index (χ4n) is 4.13. The first kappa shape index (κ1) is 22.9. The molecule has 5 rings (SSSR count). The van der Waals surface area contributed by atoms with E-state index in [0.29, 0.717) is 26.5 Å². The average molecular weight is 496 g/mol. The van der Waals surface area contributed by atoms with Crippen LogP contribution in [0.4, 0.5) is 5.13 Å². The number of nitrogens with zero attached hydrogens (tertiary/aromatic N) is 4. The van der Waals surface area contributed by atoms with E-state index in [0.717, 1.165) is 42.7 Å². The molecule has 1 aromatic carbocycles. The molecule has 10 heteroatoms. The van der Waals surface area contributed by atoms with Gasteiger partial charge in [0.1, 0.15) is 11.4 Å². The van der Waals surface area contributed by atoms with Crippen molar-refractivity contribution in [2.24, 2.45) is 0 Å². The van der Waals surface area contributed by atoms with Crippen LogP contribution in [-0.2, 0) is 30.9 Å². The number of carbonyl (C=O) groups excluding carboxylic acids is 1. The fourth-order valence-corrected chi connectivity index (χ4v) is 6.27. The van der Waals surface area contributed by atoms with Gasteiger partial charge in [0.25, 0.3) is 5.91 Å². The zero-order chi connectivity index (χ0) is 23.7. The number of carbonyl (C=O) groups is 1. The Hall–Kier alpha value is -2.92. The molecular weight excluding hydrogens is 470 g/mol. The minimum Gasteiger partial charge on any atom is -0.480 e. The predicted octanol–water partition coefficient (Wildman–Crippen LogP) is 4.42. The van der Waals surface area contributed by atoms with Gasteiger partial charge >= 0.3 is 0 Å². The maximum absolute atomic E-state index is 13.2. The first-order valence-electron chi connectivity index (χ1n) is 10.9. The molecule has 0 spiro atoms. The molecule has 0 unspecified atom stereocenters. The number of fused-ring (bicyclic) bond motifs is 2. The Kier molecular flexibility index (Phi) is 6.55. The van der Waals surface area contributed by atoms with Crippen molar-refractivity contribution in [3.8, 4) is 5.88 Å². The molecule has 0 atom stereocenters. The molecule has 176 valence electrons. The van der Waals surface area contributed by atoms with Crippen LogP contribution in [0.25, 0.3) is 10.2 Å². The predicted molar refractivity (Wildman–Crippen MR) is 134 cm³/mol. The standard InChI is InChI=1S/C24H25N5O3S2/c1-14-19-22(32-3)26-18(13-31-2)27-23(19)34-20(14)21(30)28-24-25-16-9-10-29(12-17(16)33-24)11-15-7-5-4-6-8-15/h4-8H,9-13H2,1-3H3,(H,25,28,30). The molecule has 0 aliphatic carbocycles. The minimum atomic E-state index is -0.192. The van der Waals surface area contributed by atoms with E-state index < -0.39 is 0 Å². The van der Waals surface area contributed by atoms with E-state index in [1.165, 1.54) is 21.8 Å². The Morgan fingerprint density at radius 3 is 2.74 bits per heavy atom. The number of aryl methyl sites for hydroxylation is 1. The van der Waals surface area contributed by atoms with Gasteiger partial charge in [0, 0.05) is 38.0 Å². The smallest absolute Gasteiger partial charge is 0.267 e. The van der Waals surface area contributed by atoms with E-state index in [9.17, 15) is 4.79 Å². The van der Waals surface area contributed by atoms with Crippen molar-refractivity contribution in [2.45, 2.75) is 33.0 Å². The normalized spacial score (nSPS) is 13.7. The topological polar surface area (TPSA) is 89.5 Å². The number of hydrogen-bond donors (Lipinski definition) is 1. The lowest BCUT2D eigenvalue weighted by Crippen LogP contribution is -2.29. The number of methoxy groups -OCH3 is 2. The summed E-state index contributed by atoms with van der Waals surface area (Å²) in [5.41, 5.74) is 3.18. The van der Waals surface area contributed by atoms with Crippen LogP contribution in [0.5, 0.6) is 5.88 Å². The highest BCUT2D eigenvalue weighted by atomic mass is 32.1. The number of amides is 1. The first-order valence-corrected chi connectivity index (χ1v) is 12.6. The van der Waals surface area contributed by atoms with Crippen LogP contribution in [0.1, 0.15) is 37.2 Å². The van der Waals surface area contributed by atoms with Gasteiger partial charge in [0.2, 0.25) is 5.88 Å². The number of rotatable bonds is 7. The number of thiophene rings is 1. The molecule has 1 N–H and O–H groups in total. The van der Waals surface area contributed by atoms with Crippen molar-refractivity contribution in [3.05, 3.63) is 62.7 Å². The number of aromatic nitrogens is 3. The third kappa shape index (κ3) is 4.54. The molecule has 34 heavy (non-hydrogen) atoms. The lowest BCUT2D eigenvalue weighted by molar-refractivity contribution is 0.103. The van der Waals surface area contributed by atoms with Gasteiger partial charge in [0.15, 0.2) is 11.0 Å². The van der Waals surface area contributed by atoms with Gasteiger partial charge in [-0.15, -0.1) is 22.7 Å². The summed E-state index contributed by atoms with van der Waals surface area (Å²) in [6.45, 7) is 4.88. The van der Waals surface area contributed by atoms with Crippen LogP contribution in [0.15, 0.2) is 30.3 Å². The van der Waals surface area contributed by atoms with Gasteiger partial charge in [-0.2, -0.15) is 4.98 Å². The maximum Gasteiger partial charge on any atom is 0.267 e. The second-order valence-corrected chi connectivity index (χ2v) is 10.2. The van der Waals surface area contributed by atoms with Crippen LogP contribution < -0.4 is 10.1 Å². The van der Waals surface area contributed by atoms with Crippen molar-refractivity contribution < 1.29 is 14.3 Å². The Balaban J connectivity index is 1.34. The van der Waals surface area contributed by atoms with E-state index in [-0.39, 0.29) is 12.5 Å². The molecule has 8 nitrogen and oxygen atoms in total. The molecule has 0 radical (unpaired) electrons. The summed E-state index contributed by atoms with van der Waals surface area (Å²) in [5, 5.41) is 4.39. The summed E-state index contributed by atoms with van der Waals surface area (Å²) in [6.07, 6.45) is 0.880. The van der Waals surface area contributed by atoms with E-state index >= 15 is 0 Å². The highest BCUT2D eigenvalue weighted by molar-refractivity contribution is 7.21. The highest BCUT2D eigenvalue weighted by Gasteiger charge is 2.24. The summed E-state index contributed by atoms with van der Waals surface area (Å²) < 4.78 is 10.6. The third-order valence-corrected chi connectivity index (χ3v) is 7.94. The van der Waals surface area contributed by atoms with Gasteiger partial charge in [-0.3, -0.25) is 15.0 Å². The molecule has 4 aromatic rings. The second kappa shape index (κ2) is 9.75. The fraction of sp³-hybridized carbons (Fsp3) is 0.333. The van der Waals surface area contributed by atoms with Gasteiger partial charge in [0.05, 0.1) is 23.1 Å². The molecule has 1 aliphatic rings. The van der Waals surface area contributed by atoms with E-state index in [1.807, 2.05) is 13.0 Å². The number of anilines is 1. The second-order valence-electron chi connectivity index (χ2n) is 8.11. The van der Waals surface area contributed by atoms with Crippen LogP contribution in [0.2, 0.25) is 0 Å². The number of benzene rings is 1. The SMILES string of the molecule is COCc1nc(OC)c2c(C)c(C(=O)Nc3nc4c(s3)CN(Cc3ccccc3)CC4)sc2n1. The summed E-state index contributed by atoms with van der Waals surface area (Å²) in [7, 11) is 3.16. The summed E-state index contributed by atoms with van der Waals surface area (Å²) in [6, 6.07) is 10.5. The molecule has 0 saturated heterocycles. The van der Waals surface area contributed by atoms with Gasteiger partial charge in [-0.25, -0.2) is 9.97 Å². The summed E-state index contributed by atoms with van der Waals surface area (Å²) in [4.78, 5) is 31.7. The van der Waals surface area contributed by atoms with Crippen LogP contribution in [0.3, 0.4) is 0 Å². The molecule has 1 aliphatic heterocycles. The number of nitrogens with one attached hydrogen (secondary N) is 1. The Labute approximate surface area is 205 Å². The van der Waals surface area contributed by atoms with Gasteiger partial charge in [-0.05, 0) is 18.1 Å². The molecular formula is C24H25N5O3S2. The van der Waals surface area contributed by atoms with Crippen LogP contribution in [-0.4, -0.2) is 46.5 Å². The summed E-state index contributed by atoms with van der Waals surface area (Å²) >= 11 is 2.88. The quantitative estimate of drug-likeness (QED) is 0.406. The number of ether oxygens (including phenoxy) is 2. The zero-order valence-corrected chi connectivity index (χ0v) is 20.9. The molecule has 4 heterocycles. The van der Waals surface area contributed by atoms with Crippen molar-refractivity contribution in [2.75, 3.05) is 26.1 Å². The third-order valence-electron chi connectivity index (χ3n) is 5.76. The van der Waals surface area contributed by atoms with Crippen molar-refractivity contribution >= 4 is 43.9 Å². The Morgan fingerprint density at radius 1 is 1.15 bits per heavy atom. The largest absolute Gasteiger partial charge is 0.480 e. The maximum atomic E-state index is 13.2. The van der Waals surface area contributed by atoms with Gasteiger partial charge in [-0.1, -0.05) is 30.3 Å². The van der Waals surface area contributed by atoms with E-state index in [1.54, 1.807) is 25.6 Å². The van der Waals surface area contributed by atoms with Crippen molar-refractivity contribution in [1.82, 2.24) is 19.9 Å². The Morgan fingerprint density at radius 2 is 1.97 bits per heavy atom. The minimum absolute atomic E-state index is 0.192. The van der Waals surface area contributed by atoms with Gasteiger partial charge < -0.3 is 9.47 Å². The molecule has 1 amide bonds. The first-order chi connectivity index (χ1) is 16.6.